The van der Waals surface area contributed by atoms with Crippen LogP contribution in [0, 0.1) is 0 Å². The summed E-state index contributed by atoms with van der Waals surface area (Å²) >= 11 is 0. The Morgan fingerprint density at radius 2 is 2.15 bits per heavy atom. The summed E-state index contributed by atoms with van der Waals surface area (Å²) in [5.41, 5.74) is 1.60. The molecule has 20 heavy (non-hydrogen) atoms. The van der Waals surface area contributed by atoms with Crippen molar-refractivity contribution in [1.82, 2.24) is 20.0 Å². The van der Waals surface area contributed by atoms with Gasteiger partial charge >= 0.3 is 0 Å². The molecule has 1 aliphatic heterocycles. The average molecular weight is 270 g/mol. The zero-order chi connectivity index (χ0) is 13.9. The van der Waals surface area contributed by atoms with Gasteiger partial charge in [-0.2, -0.15) is 5.10 Å². The minimum absolute atomic E-state index is 0.0566. The third-order valence-corrected chi connectivity index (χ3v) is 3.61. The Balaban J connectivity index is 1.81. The Hall–Kier alpha value is -2.14. The molecule has 1 atom stereocenters. The Morgan fingerprint density at radius 1 is 1.35 bits per heavy atom. The van der Waals surface area contributed by atoms with Gasteiger partial charge in [-0.3, -0.25) is 4.79 Å². The smallest absolute Gasteiger partial charge is 0.257 e. The molecule has 1 aromatic carbocycles. The Bertz CT molecular complexity index is 593. The number of para-hydroxylation sites is 1. The minimum Gasteiger partial charge on any atom is -0.333 e. The van der Waals surface area contributed by atoms with Crippen molar-refractivity contribution < 1.29 is 4.79 Å². The fraction of sp³-hybridized carbons (Fsp3) is 0.333. The van der Waals surface area contributed by atoms with E-state index in [2.05, 4.69) is 17.3 Å². The maximum absolute atomic E-state index is 12.5. The second kappa shape index (κ2) is 5.46. The van der Waals surface area contributed by atoms with Crippen LogP contribution in [0.3, 0.4) is 0 Å². The number of carbonyl (C=O) groups excluding carboxylic acids is 1. The SMILES string of the molecule is C[C@@H]1CNCCN1C(=O)c1cnn(-c2ccccc2)c1. The lowest BCUT2D eigenvalue weighted by molar-refractivity contribution is 0.0656. The van der Waals surface area contributed by atoms with E-state index in [-0.39, 0.29) is 11.9 Å². The zero-order valence-corrected chi connectivity index (χ0v) is 11.5. The van der Waals surface area contributed by atoms with Crippen molar-refractivity contribution in [3.8, 4) is 5.69 Å². The Morgan fingerprint density at radius 3 is 2.90 bits per heavy atom. The molecule has 1 aliphatic rings. The van der Waals surface area contributed by atoms with Gasteiger partial charge in [0.2, 0.25) is 0 Å². The first-order valence-electron chi connectivity index (χ1n) is 6.87. The molecule has 1 aromatic heterocycles. The van der Waals surface area contributed by atoms with Crippen LogP contribution in [0.5, 0.6) is 0 Å². The van der Waals surface area contributed by atoms with Crippen molar-refractivity contribution in [3.63, 3.8) is 0 Å². The number of nitrogens with zero attached hydrogens (tertiary/aromatic N) is 3. The van der Waals surface area contributed by atoms with Gasteiger partial charge in [0.1, 0.15) is 0 Å². The molecule has 0 radical (unpaired) electrons. The summed E-state index contributed by atoms with van der Waals surface area (Å²) in [6.07, 6.45) is 3.44. The summed E-state index contributed by atoms with van der Waals surface area (Å²) in [5.74, 6) is 0.0566. The number of hydrogen-bond donors (Lipinski definition) is 1. The van der Waals surface area contributed by atoms with E-state index < -0.39 is 0 Å². The second-order valence-electron chi connectivity index (χ2n) is 5.06. The number of piperazine rings is 1. The molecule has 0 spiro atoms. The Labute approximate surface area is 118 Å². The summed E-state index contributed by atoms with van der Waals surface area (Å²) in [7, 11) is 0. The predicted octanol–water partition coefficient (Wildman–Crippen LogP) is 1.31. The summed E-state index contributed by atoms with van der Waals surface area (Å²) in [6, 6.07) is 10.0. The van der Waals surface area contributed by atoms with Gasteiger partial charge in [0.25, 0.3) is 5.91 Å². The van der Waals surface area contributed by atoms with E-state index in [1.807, 2.05) is 35.2 Å². The van der Waals surface area contributed by atoms with E-state index in [1.165, 1.54) is 0 Å². The molecule has 0 aliphatic carbocycles. The van der Waals surface area contributed by atoms with Gasteiger partial charge in [0.15, 0.2) is 0 Å². The van der Waals surface area contributed by atoms with E-state index in [9.17, 15) is 4.79 Å². The number of aromatic nitrogens is 2. The molecule has 3 rings (SSSR count). The highest BCUT2D eigenvalue weighted by Gasteiger charge is 2.24. The molecule has 0 bridgehead atoms. The lowest BCUT2D eigenvalue weighted by Crippen LogP contribution is -2.52. The van der Waals surface area contributed by atoms with Gasteiger partial charge < -0.3 is 10.2 Å². The Kier molecular flexibility index (Phi) is 3.52. The number of rotatable bonds is 2. The van der Waals surface area contributed by atoms with Crippen LogP contribution in [0.2, 0.25) is 0 Å². The number of benzene rings is 1. The predicted molar refractivity (Wildman–Crippen MR) is 76.9 cm³/mol. The monoisotopic (exact) mass is 270 g/mol. The first kappa shape index (κ1) is 12.9. The van der Waals surface area contributed by atoms with Crippen molar-refractivity contribution >= 4 is 5.91 Å². The molecule has 104 valence electrons. The fourth-order valence-electron chi connectivity index (χ4n) is 2.46. The number of hydrogen-bond acceptors (Lipinski definition) is 3. The van der Waals surface area contributed by atoms with E-state index in [4.69, 9.17) is 0 Å². The quantitative estimate of drug-likeness (QED) is 0.895. The highest BCUT2D eigenvalue weighted by atomic mass is 16.2. The first-order valence-corrected chi connectivity index (χ1v) is 6.87. The molecule has 1 saturated heterocycles. The van der Waals surface area contributed by atoms with E-state index in [1.54, 1.807) is 17.1 Å². The highest BCUT2D eigenvalue weighted by molar-refractivity contribution is 5.94. The van der Waals surface area contributed by atoms with Crippen LogP contribution in [0.4, 0.5) is 0 Å². The standard InChI is InChI=1S/C15H18N4O/c1-12-9-16-7-8-18(12)15(20)13-10-17-19(11-13)14-5-3-2-4-6-14/h2-6,10-12,16H,7-9H2,1H3/t12-/m1/s1. The van der Waals surface area contributed by atoms with Gasteiger partial charge in [0, 0.05) is 31.9 Å². The zero-order valence-electron chi connectivity index (χ0n) is 11.5. The third kappa shape index (κ3) is 2.44. The van der Waals surface area contributed by atoms with Crippen LogP contribution >= 0.6 is 0 Å². The minimum atomic E-state index is 0.0566. The van der Waals surface area contributed by atoms with E-state index >= 15 is 0 Å². The number of nitrogens with one attached hydrogen (secondary N) is 1. The van der Waals surface area contributed by atoms with Gasteiger partial charge in [-0.15, -0.1) is 0 Å². The van der Waals surface area contributed by atoms with Crippen molar-refractivity contribution in [3.05, 3.63) is 48.3 Å². The second-order valence-corrected chi connectivity index (χ2v) is 5.06. The van der Waals surface area contributed by atoms with Crippen LogP contribution in [-0.4, -0.2) is 46.3 Å². The topological polar surface area (TPSA) is 50.2 Å². The molecule has 5 heteroatoms. The maximum Gasteiger partial charge on any atom is 0.257 e. The average Bonchev–Trinajstić information content (AvgIpc) is 2.98. The summed E-state index contributed by atoms with van der Waals surface area (Å²) < 4.78 is 1.74. The van der Waals surface area contributed by atoms with Gasteiger partial charge in [0.05, 0.1) is 17.4 Å². The highest BCUT2D eigenvalue weighted by Crippen LogP contribution is 2.12. The van der Waals surface area contributed by atoms with Crippen molar-refractivity contribution in [2.75, 3.05) is 19.6 Å². The van der Waals surface area contributed by atoms with Gasteiger partial charge in [-0.25, -0.2) is 4.68 Å². The first-order chi connectivity index (χ1) is 9.75. The largest absolute Gasteiger partial charge is 0.333 e. The molecule has 0 saturated carbocycles. The molecule has 1 N–H and O–H groups in total. The third-order valence-electron chi connectivity index (χ3n) is 3.61. The molecule has 2 heterocycles. The van der Waals surface area contributed by atoms with Gasteiger partial charge in [-0.05, 0) is 19.1 Å². The van der Waals surface area contributed by atoms with Crippen LogP contribution in [0.25, 0.3) is 5.69 Å². The molecular weight excluding hydrogens is 252 g/mol. The van der Waals surface area contributed by atoms with Crippen molar-refractivity contribution in [2.24, 2.45) is 0 Å². The summed E-state index contributed by atoms with van der Waals surface area (Å²) in [4.78, 5) is 14.4. The summed E-state index contributed by atoms with van der Waals surface area (Å²) in [6.45, 7) is 4.50. The van der Waals surface area contributed by atoms with E-state index in [0.29, 0.717) is 5.56 Å². The molecule has 1 amide bonds. The van der Waals surface area contributed by atoms with Crippen molar-refractivity contribution in [1.29, 1.82) is 0 Å². The lowest BCUT2D eigenvalue weighted by atomic mass is 10.2. The molecule has 0 unspecified atom stereocenters. The van der Waals surface area contributed by atoms with E-state index in [0.717, 1.165) is 25.3 Å². The molecule has 2 aromatic rings. The normalized spacial score (nSPS) is 19.1. The van der Waals surface area contributed by atoms with Gasteiger partial charge in [-0.1, -0.05) is 18.2 Å². The molecule has 1 fully saturated rings. The number of carbonyl (C=O) groups is 1. The summed E-state index contributed by atoms with van der Waals surface area (Å²) in [5, 5.41) is 7.57. The molecule has 5 nitrogen and oxygen atoms in total. The van der Waals surface area contributed by atoms with Crippen LogP contribution < -0.4 is 5.32 Å². The van der Waals surface area contributed by atoms with Crippen LogP contribution in [-0.2, 0) is 0 Å². The molecular formula is C15H18N4O. The number of amides is 1. The van der Waals surface area contributed by atoms with Crippen LogP contribution in [0.15, 0.2) is 42.7 Å². The lowest BCUT2D eigenvalue weighted by Gasteiger charge is -2.33. The van der Waals surface area contributed by atoms with Crippen LogP contribution in [0.1, 0.15) is 17.3 Å². The maximum atomic E-state index is 12.5. The fourth-order valence-corrected chi connectivity index (χ4v) is 2.46. The van der Waals surface area contributed by atoms with Crippen molar-refractivity contribution in [2.45, 2.75) is 13.0 Å².